The largest absolute Gasteiger partial charge is 0.348 e. The van der Waals surface area contributed by atoms with E-state index in [1.54, 1.807) is 6.33 Å². The van der Waals surface area contributed by atoms with E-state index in [2.05, 4.69) is 22.0 Å². The second-order valence-electron chi connectivity index (χ2n) is 5.55. The summed E-state index contributed by atoms with van der Waals surface area (Å²) in [6, 6.07) is 0.579. The summed E-state index contributed by atoms with van der Waals surface area (Å²) in [5.74, 6) is 0.749. The van der Waals surface area contributed by atoms with Gasteiger partial charge >= 0.3 is 0 Å². The molecule has 1 aromatic rings. The molecule has 0 amide bonds. The fourth-order valence-electron chi connectivity index (χ4n) is 3.08. The first-order valence-electron chi connectivity index (χ1n) is 7.00. The number of aryl methyl sites for hydroxylation is 1. The van der Waals surface area contributed by atoms with Crippen LogP contribution >= 0.6 is 0 Å². The van der Waals surface area contributed by atoms with Gasteiger partial charge < -0.3 is 9.47 Å². The second kappa shape index (κ2) is 5.19. The maximum absolute atomic E-state index is 5.77. The molecule has 0 aromatic carbocycles. The third-order valence-corrected chi connectivity index (χ3v) is 4.35. The van der Waals surface area contributed by atoms with Gasteiger partial charge in [-0.05, 0) is 19.9 Å². The predicted octanol–water partition coefficient (Wildman–Crippen LogP) is 0.933. The van der Waals surface area contributed by atoms with Gasteiger partial charge in [-0.3, -0.25) is 9.58 Å². The molecule has 0 radical (unpaired) electrons. The highest BCUT2D eigenvalue weighted by Crippen LogP contribution is 2.37. The molecule has 6 nitrogen and oxygen atoms in total. The molecule has 19 heavy (non-hydrogen) atoms. The zero-order chi connectivity index (χ0) is 13.3. The highest BCUT2D eigenvalue weighted by molar-refractivity contribution is 4.89. The van der Waals surface area contributed by atoms with Crippen molar-refractivity contribution in [1.82, 2.24) is 19.7 Å². The molecule has 3 rings (SSSR count). The fraction of sp³-hybridized carbons (Fsp3) is 0.846. The summed E-state index contributed by atoms with van der Waals surface area (Å²) < 4.78 is 13.4. The minimum absolute atomic E-state index is 0.262. The maximum atomic E-state index is 5.77. The van der Waals surface area contributed by atoms with E-state index in [-0.39, 0.29) is 5.79 Å². The molecule has 6 heteroatoms. The Morgan fingerprint density at radius 2 is 2.05 bits per heavy atom. The summed E-state index contributed by atoms with van der Waals surface area (Å²) in [5, 5.41) is 4.11. The SMILES string of the molecule is CN(Cc1ncnn1C)C1CCC2(CC1)OCCO2. The van der Waals surface area contributed by atoms with E-state index in [1.165, 1.54) is 0 Å². The Morgan fingerprint density at radius 3 is 2.63 bits per heavy atom. The van der Waals surface area contributed by atoms with Crippen LogP contribution in [0.2, 0.25) is 0 Å². The van der Waals surface area contributed by atoms with Crippen molar-refractivity contribution in [3.63, 3.8) is 0 Å². The van der Waals surface area contributed by atoms with Crippen LogP contribution in [0, 0.1) is 0 Å². The van der Waals surface area contributed by atoms with Gasteiger partial charge in [0.15, 0.2) is 5.79 Å². The molecule has 0 unspecified atom stereocenters. The van der Waals surface area contributed by atoms with E-state index in [1.807, 2.05) is 11.7 Å². The lowest BCUT2D eigenvalue weighted by Crippen LogP contribution is -2.42. The van der Waals surface area contributed by atoms with Crippen molar-refractivity contribution in [2.45, 2.75) is 44.1 Å². The van der Waals surface area contributed by atoms with Crippen molar-refractivity contribution in [2.24, 2.45) is 7.05 Å². The molecular formula is C13H22N4O2. The van der Waals surface area contributed by atoms with Gasteiger partial charge in [-0.2, -0.15) is 5.10 Å². The Morgan fingerprint density at radius 1 is 1.37 bits per heavy atom. The average molecular weight is 266 g/mol. The summed E-state index contributed by atoms with van der Waals surface area (Å²) in [7, 11) is 4.10. The topological polar surface area (TPSA) is 52.4 Å². The van der Waals surface area contributed by atoms with Crippen molar-refractivity contribution in [2.75, 3.05) is 20.3 Å². The molecule has 1 aliphatic heterocycles. The van der Waals surface area contributed by atoms with E-state index < -0.39 is 0 Å². The predicted molar refractivity (Wildman–Crippen MR) is 69.4 cm³/mol. The normalized spacial score (nSPS) is 23.5. The minimum atomic E-state index is -0.262. The number of ether oxygens (including phenoxy) is 2. The first kappa shape index (κ1) is 13.0. The lowest BCUT2D eigenvalue weighted by atomic mass is 9.89. The van der Waals surface area contributed by atoms with Crippen molar-refractivity contribution in [3.8, 4) is 0 Å². The standard InChI is InChI=1S/C13H22N4O2/c1-16(9-12-14-10-15-17(12)2)11-3-5-13(6-4-11)18-7-8-19-13/h10-11H,3-9H2,1-2H3. The molecule has 106 valence electrons. The fourth-order valence-corrected chi connectivity index (χ4v) is 3.08. The van der Waals surface area contributed by atoms with Crippen LogP contribution in [0.4, 0.5) is 0 Å². The molecule has 1 spiro atoms. The van der Waals surface area contributed by atoms with Crippen molar-refractivity contribution >= 4 is 0 Å². The van der Waals surface area contributed by atoms with E-state index >= 15 is 0 Å². The molecule has 2 heterocycles. The quantitative estimate of drug-likeness (QED) is 0.814. The Balaban J connectivity index is 1.54. The summed E-state index contributed by atoms with van der Waals surface area (Å²) in [5.41, 5.74) is 0. The Kier molecular flexibility index (Phi) is 3.56. The molecule has 1 aliphatic carbocycles. The van der Waals surface area contributed by atoms with Gasteiger partial charge in [0.05, 0.1) is 19.8 Å². The maximum Gasteiger partial charge on any atom is 0.168 e. The van der Waals surface area contributed by atoms with Crippen LogP contribution in [0.3, 0.4) is 0 Å². The molecule has 0 N–H and O–H groups in total. The molecule has 2 aliphatic rings. The number of rotatable bonds is 3. The van der Waals surface area contributed by atoms with Crippen LogP contribution in [0.15, 0.2) is 6.33 Å². The first-order chi connectivity index (χ1) is 9.19. The zero-order valence-electron chi connectivity index (χ0n) is 11.7. The van der Waals surface area contributed by atoms with Gasteiger partial charge in [0.25, 0.3) is 0 Å². The highest BCUT2D eigenvalue weighted by Gasteiger charge is 2.41. The summed E-state index contributed by atoms with van der Waals surface area (Å²) in [4.78, 5) is 6.65. The van der Waals surface area contributed by atoms with E-state index in [9.17, 15) is 0 Å². The van der Waals surface area contributed by atoms with Gasteiger partial charge in [0.1, 0.15) is 12.2 Å². The van der Waals surface area contributed by atoms with Crippen molar-refractivity contribution < 1.29 is 9.47 Å². The number of hydrogen-bond donors (Lipinski definition) is 0. The Hall–Kier alpha value is -0.980. The Bertz CT molecular complexity index is 418. The second-order valence-corrected chi connectivity index (χ2v) is 5.55. The number of aromatic nitrogens is 3. The smallest absolute Gasteiger partial charge is 0.168 e. The minimum Gasteiger partial charge on any atom is -0.348 e. The average Bonchev–Trinajstić information content (AvgIpc) is 3.01. The highest BCUT2D eigenvalue weighted by atomic mass is 16.7. The molecule has 0 bridgehead atoms. The molecule has 2 fully saturated rings. The van der Waals surface area contributed by atoms with Gasteiger partial charge in [-0.15, -0.1) is 0 Å². The summed E-state index contributed by atoms with van der Waals surface area (Å²) in [6.45, 7) is 2.34. The Labute approximate surface area is 113 Å². The van der Waals surface area contributed by atoms with Crippen LogP contribution in [-0.4, -0.2) is 51.8 Å². The number of nitrogens with zero attached hydrogens (tertiary/aromatic N) is 4. The van der Waals surface area contributed by atoms with Crippen molar-refractivity contribution in [3.05, 3.63) is 12.2 Å². The third kappa shape index (κ3) is 2.66. The van der Waals surface area contributed by atoms with Crippen LogP contribution < -0.4 is 0 Å². The summed E-state index contributed by atoms with van der Waals surface area (Å²) >= 11 is 0. The molecule has 1 aromatic heterocycles. The monoisotopic (exact) mass is 266 g/mol. The molecular weight excluding hydrogens is 244 g/mol. The zero-order valence-corrected chi connectivity index (χ0v) is 11.7. The van der Waals surface area contributed by atoms with Gasteiger partial charge in [-0.1, -0.05) is 0 Å². The van der Waals surface area contributed by atoms with Crippen LogP contribution in [0.25, 0.3) is 0 Å². The molecule has 1 saturated carbocycles. The lowest BCUT2D eigenvalue weighted by molar-refractivity contribution is -0.183. The molecule has 1 saturated heterocycles. The van der Waals surface area contributed by atoms with E-state index in [0.717, 1.165) is 51.3 Å². The van der Waals surface area contributed by atoms with Gasteiger partial charge in [0, 0.05) is 25.9 Å². The molecule has 0 atom stereocenters. The lowest BCUT2D eigenvalue weighted by Gasteiger charge is -2.38. The van der Waals surface area contributed by atoms with Crippen LogP contribution in [-0.2, 0) is 23.1 Å². The number of hydrogen-bond acceptors (Lipinski definition) is 5. The third-order valence-electron chi connectivity index (χ3n) is 4.35. The summed E-state index contributed by atoms with van der Waals surface area (Å²) in [6.07, 6.45) is 5.85. The van der Waals surface area contributed by atoms with Crippen LogP contribution in [0.1, 0.15) is 31.5 Å². The van der Waals surface area contributed by atoms with Crippen LogP contribution in [0.5, 0.6) is 0 Å². The van der Waals surface area contributed by atoms with Crippen molar-refractivity contribution in [1.29, 1.82) is 0 Å². The first-order valence-corrected chi connectivity index (χ1v) is 7.00. The van der Waals surface area contributed by atoms with Gasteiger partial charge in [0.2, 0.25) is 0 Å². The van der Waals surface area contributed by atoms with E-state index in [4.69, 9.17) is 9.47 Å². The van der Waals surface area contributed by atoms with Gasteiger partial charge in [-0.25, -0.2) is 4.98 Å². The van der Waals surface area contributed by atoms with E-state index in [0.29, 0.717) is 6.04 Å².